The summed E-state index contributed by atoms with van der Waals surface area (Å²) in [5.74, 6) is 1.36. The maximum atomic E-state index is 12.6. The number of pyridine rings is 1. The number of nitrogens with one attached hydrogen (secondary N) is 1. The predicted octanol–water partition coefficient (Wildman–Crippen LogP) is 2.10. The molecule has 4 rings (SSSR count). The van der Waals surface area contributed by atoms with Crippen molar-refractivity contribution in [2.75, 3.05) is 13.1 Å². The zero-order valence-corrected chi connectivity index (χ0v) is 15.0. The Morgan fingerprint density at radius 1 is 1.27 bits per heavy atom. The molecule has 0 bridgehead atoms. The van der Waals surface area contributed by atoms with Crippen LogP contribution < -0.4 is 5.56 Å². The molecular weight excluding hydrogens is 350 g/mol. The Bertz CT molecular complexity index is 918. The molecule has 1 fully saturated rings. The molecule has 0 aliphatic carbocycles. The summed E-state index contributed by atoms with van der Waals surface area (Å²) in [4.78, 5) is 37.0. The Morgan fingerprint density at radius 2 is 2.12 bits per heavy atom. The number of likely N-dealkylation sites (tertiary alicyclic amines) is 1. The lowest BCUT2D eigenvalue weighted by atomic mass is 9.95. The molecule has 1 saturated heterocycles. The topological polar surface area (TPSA) is 83.9 Å². The fourth-order valence-corrected chi connectivity index (χ4v) is 3.92. The molecule has 3 aromatic heterocycles. The highest BCUT2D eigenvalue weighted by Crippen LogP contribution is 2.28. The van der Waals surface area contributed by atoms with E-state index in [1.165, 1.54) is 12.3 Å². The third kappa shape index (κ3) is 3.45. The number of aromatic nitrogens is 4. The molecule has 0 radical (unpaired) electrons. The quantitative estimate of drug-likeness (QED) is 0.763. The molecule has 0 saturated carbocycles. The fourth-order valence-electron chi connectivity index (χ4n) is 3.37. The molecule has 1 aliphatic rings. The van der Waals surface area contributed by atoms with Gasteiger partial charge in [-0.3, -0.25) is 9.59 Å². The van der Waals surface area contributed by atoms with E-state index in [0.717, 1.165) is 30.9 Å². The minimum absolute atomic E-state index is 0.0366. The van der Waals surface area contributed by atoms with Crippen molar-refractivity contribution in [1.82, 2.24) is 24.4 Å². The standard InChI is InChI=1S/C18H19N5O2S/c24-16-2-1-14(9-20-16)18(25)22-6-3-13(4-7-22)17-19-5-8-23(17)10-15-11-26-12-21-15/h1-2,5,8-9,11-13H,3-4,6-7,10H2,(H,20,24). The molecule has 7 nitrogen and oxygen atoms in total. The van der Waals surface area contributed by atoms with Crippen LogP contribution in [-0.4, -0.2) is 43.4 Å². The molecule has 3 aromatic rings. The van der Waals surface area contributed by atoms with Crippen LogP contribution in [0, 0.1) is 0 Å². The average Bonchev–Trinajstić information content (AvgIpc) is 3.34. The van der Waals surface area contributed by atoms with E-state index in [9.17, 15) is 9.59 Å². The maximum absolute atomic E-state index is 12.6. The van der Waals surface area contributed by atoms with E-state index in [1.807, 2.05) is 22.8 Å². The van der Waals surface area contributed by atoms with E-state index in [-0.39, 0.29) is 11.5 Å². The van der Waals surface area contributed by atoms with Crippen molar-refractivity contribution in [3.05, 3.63) is 69.0 Å². The molecule has 1 aliphatic heterocycles. The number of piperidine rings is 1. The summed E-state index contributed by atoms with van der Waals surface area (Å²) >= 11 is 1.59. The second-order valence-corrected chi connectivity index (χ2v) is 7.12. The van der Waals surface area contributed by atoms with Crippen LogP contribution in [0.15, 0.2) is 46.4 Å². The van der Waals surface area contributed by atoms with E-state index in [0.29, 0.717) is 24.6 Å². The van der Waals surface area contributed by atoms with Crippen molar-refractivity contribution in [3.63, 3.8) is 0 Å². The largest absolute Gasteiger partial charge is 0.339 e. The number of nitrogens with zero attached hydrogens (tertiary/aromatic N) is 4. The third-order valence-corrected chi connectivity index (χ3v) is 5.38. The van der Waals surface area contributed by atoms with Crippen LogP contribution in [0.1, 0.15) is 40.6 Å². The molecule has 0 spiro atoms. The van der Waals surface area contributed by atoms with Gasteiger partial charge in [-0.2, -0.15) is 0 Å². The first-order valence-electron chi connectivity index (χ1n) is 8.57. The molecule has 134 valence electrons. The summed E-state index contributed by atoms with van der Waals surface area (Å²) in [5.41, 5.74) is 3.20. The van der Waals surface area contributed by atoms with E-state index in [2.05, 4.69) is 24.9 Å². The van der Waals surface area contributed by atoms with E-state index < -0.39 is 0 Å². The van der Waals surface area contributed by atoms with Gasteiger partial charge in [0.1, 0.15) is 5.82 Å². The number of imidazole rings is 1. The maximum Gasteiger partial charge on any atom is 0.255 e. The first kappa shape index (κ1) is 16.7. The van der Waals surface area contributed by atoms with Gasteiger partial charge in [0.15, 0.2) is 0 Å². The molecule has 1 N–H and O–H groups in total. The van der Waals surface area contributed by atoms with Crippen molar-refractivity contribution in [2.45, 2.75) is 25.3 Å². The van der Waals surface area contributed by atoms with Gasteiger partial charge >= 0.3 is 0 Å². The second kappa shape index (κ2) is 7.25. The lowest BCUT2D eigenvalue weighted by Crippen LogP contribution is -2.38. The fraction of sp³-hybridized carbons (Fsp3) is 0.333. The lowest BCUT2D eigenvalue weighted by Gasteiger charge is -2.32. The van der Waals surface area contributed by atoms with Crippen LogP contribution in [0.25, 0.3) is 0 Å². The average molecular weight is 369 g/mol. The molecular formula is C18H19N5O2S. The highest BCUT2D eigenvalue weighted by Gasteiger charge is 2.27. The number of hydrogen-bond acceptors (Lipinski definition) is 5. The van der Waals surface area contributed by atoms with Crippen molar-refractivity contribution in [1.29, 1.82) is 0 Å². The van der Waals surface area contributed by atoms with E-state index in [1.54, 1.807) is 17.4 Å². The van der Waals surface area contributed by atoms with Crippen LogP contribution in [0.5, 0.6) is 0 Å². The molecule has 0 unspecified atom stereocenters. The smallest absolute Gasteiger partial charge is 0.255 e. The van der Waals surface area contributed by atoms with Crippen LogP contribution in [-0.2, 0) is 6.54 Å². The minimum Gasteiger partial charge on any atom is -0.339 e. The first-order valence-corrected chi connectivity index (χ1v) is 9.51. The van der Waals surface area contributed by atoms with Crippen LogP contribution >= 0.6 is 11.3 Å². The van der Waals surface area contributed by atoms with Gasteiger partial charge in [0.2, 0.25) is 5.56 Å². The first-order chi connectivity index (χ1) is 12.7. The summed E-state index contributed by atoms with van der Waals surface area (Å²) in [6, 6.07) is 2.96. The van der Waals surface area contributed by atoms with E-state index in [4.69, 9.17) is 0 Å². The number of rotatable bonds is 4. The number of thiazole rings is 1. The van der Waals surface area contributed by atoms with Crippen molar-refractivity contribution >= 4 is 17.2 Å². The number of amides is 1. The molecule has 0 aromatic carbocycles. The molecule has 8 heteroatoms. The van der Waals surface area contributed by atoms with Gasteiger partial charge in [-0.1, -0.05) is 0 Å². The van der Waals surface area contributed by atoms with E-state index >= 15 is 0 Å². The van der Waals surface area contributed by atoms with Crippen molar-refractivity contribution < 1.29 is 4.79 Å². The molecule has 4 heterocycles. The molecule has 26 heavy (non-hydrogen) atoms. The summed E-state index contributed by atoms with van der Waals surface area (Å²) in [7, 11) is 0. The number of carbonyl (C=O) groups excluding carboxylic acids is 1. The van der Waals surface area contributed by atoms with Gasteiger partial charge in [-0.25, -0.2) is 9.97 Å². The van der Waals surface area contributed by atoms with Crippen LogP contribution in [0.2, 0.25) is 0 Å². The lowest BCUT2D eigenvalue weighted by molar-refractivity contribution is 0.0710. The second-order valence-electron chi connectivity index (χ2n) is 6.40. The Hall–Kier alpha value is -2.74. The molecule has 1 amide bonds. The van der Waals surface area contributed by atoms with Gasteiger partial charge in [0.25, 0.3) is 5.91 Å². The number of hydrogen-bond donors (Lipinski definition) is 1. The summed E-state index contributed by atoms with van der Waals surface area (Å²) in [6.45, 7) is 2.10. The van der Waals surface area contributed by atoms with Gasteiger partial charge in [-0.15, -0.1) is 11.3 Å². The summed E-state index contributed by atoms with van der Waals surface area (Å²) < 4.78 is 2.15. The summed E-state index contributed by atoms with van der Waals surface area (Å²) in [5, 5.41) is 2.05. The predicted molar refractivity (Wildman–Crippen MR) is 98.4 cm³/mol. The van der Waals surface area contributed by atoms with Gasteiger partial charge in [0, 0.05) is 49.0 Å². The Morgan fingerprint density at radius 3 is 2.81 bits per heavy atom. The highest BCUT2D eigenvalue weighted by atomic mass is 32.1. The zero-order valence-electron chi connectivity index (χ0n) is 14.2. The zero-order chi connectivity index (χ0) is 17.9. The minimum atomic E-state index is -0.202. The van der Waals surface area contributed by atoms with Crippen molar-refractivity contribution in [3.8, 4) is 0 Å². The number of aromatic amines is 1. The van der Waals surface area contributed by atoms with Gasteiger partial charge < -0.3 is 14.5 Å². The number of H-pyrrole nitrogens is 1. The highest BCUT2D eigenvalue weighted by molar-refractivity contribution is 7.07. The third-order valence-electron chi connectivity index (χ3n) is 4.74. The summed E-state index contributed by atoms with van der Waals surface area (Å²) in [6.07, 6.45) is 7.07. The Balaban J connectivity index is 1.41. The van der Waals surface area contributed by atoms with Gasteiger partial charge in [-0.05, 0) is 18.9 Å². The van der Waals surface area contributed by atoms with Crippen molar-refractivity contribution in [2.24, 2.45) is 0 Å². The Labute approximate surface area is 154 Å². The molecule has 0 atom stereocenters. The SMILES string of the molecule is O=C(c1ccc(=O)[nH]c1)N1CCC(c2nccn2Cc2cscn2)CC1. The normalized spacial score (nSPS) is 15.3. The van der Waals surface area contributed by atoms with Crippen LogP contribution in [0.4, 0.5) is 0 Å². The van der Waals surface area contributed by atoms with Gasteiger partial charge in [0.05, 0.1) is 23.3 Å². The van der Waals surface area contributed by atoms with Crippen LogP contribution in [0.3, 0.4) is 0 Å². The number of carbonyl (C=O) groups is 1. The monoisotopic (exact) mass is 369 g/mol. The Kier molecular flexibility index (Phi) is 4.66.